The van der Waals surface area contributed by atoms with Gasteiger partial charge in [0.15, 0.2) is 0 Å². The molecular formula is C23H21F2O2P. The van der Waals surface area contributed by atoms with Gasteiger partial charge in [-0.25, -0.2) is 0 Å². The Labute approximate surface area is 164 Å². The van der Waals surface area contributed by atoms with Crippen LogP contribution in [-0.4, -0.2) is 18.1 Å². The monoisotopic (exact) mass is 398 g/mol. The van der Waals surface area contributed by atoms with E-state index in [0.717, 1.165) is 15.9 Å². The Hall–Kier alpha value is -2.58. The van der Waals surface area contributed by atoms with Gasteiger partial charge in [-0.15, -0.1) is 0 Å². The van der Waals surface area contributed by atoms with Gasteiger partial charge in [0, 0.05) is 6.42 Å². The van der Waals surface area contributed by atoms with E-state index in [2.05, 4.69) is 0 Å². The van der Waals surface area contributed by atoms with Crippen molar-refractivity contribution in [1.82, 2.24) is 0 Å². The van der Waals surface area contributed by atoms with Crippen LogP contribution >= 0.6 is 7.26 Å². The molecule has 3 aromatic rings. The first kappa shape index (κ1) is 20.2. The summed E-state index contributed by atoms with van der Waals surface area (Å²) in [6.45, 7) is 0. The van der Waals surface area contributed by atoms with E-state index in [-0.39, 0.29) is 6.42 Å². The van der Waals surface area contributed by atoms with Crippen LogP contribution in [0.4, 0.5) is 8.78 Å². The molecule has 0 saturated carbocycles. The summed E-state index contributed by atoms with van der Waals surface area (Å²) in [7, 11) is -2.22. The van der Waals surface area contributed by atoms with Gasteiger partial charge in [0.2, 0.25) is 0 Å². The zero-order valence-electron chi connectivity index (χ0n) is 15.3. The minimum atomic E-state index is -3.82. The van der Waals surface area contributed by atoms with Gasteiger partial charge >= 0.3 is 0 Å². The summed E-state index contributed by atoms with van der Waals surface area (Å²) in [6, 6.07) is 29.7. The Bertz CT molecular complexity index is 803. The Morgan fingerprint density at radius 1 is 0.750 bits per heavy atom. The van der Waals surface area contributed by atoms with Gasteiger partial charge in [-0.2, -0.15) is 8.78 Å². The van der Waals surface area contributed by atoms with E-state index in [9.17, 15) is 18.7 Å². The normalized spacial score (nSPS) is 11.9. The molecule has 3 aromatic carbocycles. The number of carboxylic acids is 1. The minimum Gasteiger partial charge on any atom is -0.544 e. The van der Waals surface area contributed by atoms with Crippen LogP contribution in [0.1, 0.15) is 12.8 Å². The third kappa shape index (κ3) is 4.13. The number of alkyl halides is 2. The van der Waals surface area contributed by atoms with Crippen molar-refractivity contribution in [3.8, 4) is 0 Å². The number of benzene rings is 3. The van der Waals surface area contributed by atoms with Gasteiger partial charge in [0.05, 0.1) is 6.16 Å². The zero-order valence-corrected chi connectivity index (χ0v) is 16.2. The molecule has 3 rings (SSSR count). The maximum atomic E-state index is 13.7. The van der Waals surface area contributed by atoms with Gasteiger partial charge in [-0.1, -0.05) is 54.6 Å². The third-order valence-electron chi connectivity index (χ3n) is 4.87. The van der Waals surface area contributed by atoms with Crippen LogP contribution in [0.5, 0.6) is 0 Å². The molecule has 28 heavy (non-hydrogen) atoms. The molecule has 0 radical (unpaired) electrons. The molecular weight excluding hydrogens is 377 g/mol. The van der Waals surface area contributed by atoms with E-state index < -0.39 is 25.6 Å². The zero-order chi connectivity index (χ0) is 20.0. The SMILES string of the molecule is O=C([O-])C(F)(F)CCC[P+](c1ccccc1)(c1ccccc1)c1ccccc1. The molecule has 0 heterocycles. The van der Waals surface area contributed by atoms with Crippen LogP contribution in [-0.2, 0) is 4.79 Å². The molecule has 0 fully saturated rings. The average Bonchev–Trinajstić information content (AvgIpc) is 2.73. The summed E-state index contributed by atoms with van der Waals surface area (Å²) in [5.74, 6) is -6.13. The molecule has 5 heteroatoms. The Morgan fingerprint density at radius 3 is 1.43 bits per heavy atom. The van der Waals surface area contributed by atoms with Gasteiger partial charge in [0.25, 0.3) is 5.92 Å². The predicted molar refractivity (Wildman–Crippen MR) is 109 cm³/mol. The molecule has 0 bridgehead atoms. The number of hydrogen-bond acceptors (Lipinski definition) is 2. The average molecular weight is 398 g/mol. The number of rotatable bonds is 8. The molecule has 0 aliphatic rings. The van der Waals surface area contributed by atoms with Crippen molar-refractivity contribution in [2.45, 2.75) is 18.8 Å². The number of carbonyl (C=O) groups excluding carboxylic acids is 1. The third-order valence-corrected chi connectivity index (χ3v) is 9.40. The molecule has 0 aliphatic heterocycles. The van der Waals surface area contributed by atoms with Crippen molar-refractivity contribution < 1.29 is 18.7 Å². The topological polar surface area (TPSA) is 40.1 Å². The van der Waals surface area contributed by atoms with E-state index in [1.807, 2.05) is 91.0 Å². The van der Waals surface area contributed by atoms with Crippen molar-refractivity contribution in [1.29, 1.82) is 0 Å². The number of halogens is 2. The van der Waals surface area contributed by atoms with Gasteiger partial charge in [0.1, 0.15) is 29.1 Å². The summed E-state index contributed by atoms with van der Waals surface area (Å²) in [6.07, 6.45) is -0.203. The summed E-state index contributed by atoms with van der Waals surface area (Å²) in [4.78, 5) is 10.7. The second kappa shape index (κ2) is 8.62. The van der Waals surface area contributed by atoms with Gasteiger partial charge in [-0.05, 0) is 42.8 Å². The highest BCUT2D eigenvalue weighted by atomic mass is 31.2. The van der Waals surface area contributed by atoms with Crippen molar-refractivity contribution in [2.24, 2.45) is 0 Å². The standard InChI is InChI=1S/C23H21F2O2P/c24-23(25,22(26)27)17-10-18-28(19-11-4-1-5-12-19,20-13-6-2-7-14-20)21-15-8-3-9-16-21/h1-9,11-16H,10,17-18H2. The lowest BCUT2D eigenvalue weighted by Gasteiger charge is -2.28. The lowest BCUT2D eigenvalue weighted by atomic mass is 10.2. The number of aliphatic carboxylic acids is 1. The second-order valence-electron chi connectivity index (χ2n) is 6.64. The first-order valence-electron chi connectivity index (χ1n) is 9.11. The maximum Gasteiger partial charge on any atom is 0.287 e. The Balaban J connectivity index is 2.10. The minimum absolute atomic E-state index is 0.0768. The predicted octanol–water partition coefficient (Wildman–Crippen LogP) is 3.15. The fourth-order valence-electron chi connectivity index (χ4n) is 3.52. The second-order valence-corrected chi connectivity index (χ2v) is 10.3. The largest absolute Gasteiger partial charge is 0.544 e. The quantitative estimate of drug-likeness (QED) is 0.547. The summed E-state index contributed by atoms with van der Waals surface area (Å²) in [5.41, 5.74) is 0. The van der Waals surface area contributed by atoms with E-state index >= 15 is 0 Å². The summed E-state index contributed by atoms with van der Waals surface area (Å²) in [5, 5.41) is 14.0. The van der Waals surface area contributed by atoms with Crippen LogP contribution in [0, 0.1) is 0 Å². The smallest absolute Gasteiger partial charge is 0.287 e. The highest BCUT2D eigenvalue weighted by molar-refractivity contribution is 7.95. The van der Waals surface area contributed by atoms with Crippen LogP contribution in [0.25, 0.3) is 0 Å². The van der Waals surface area contributed by atoms with Crippen LogP contribution in [0.2, 0.25) is 0 Å². The highest BCUT2D eigenvalue weighted by Crippen LogP contribution is 2.56. The lowest BCUT2D eigenvalue weighted by Crippen LogP contribution is -2.42. The molecule has 0 saturated heterocycles. The maximum absolute atomic E-state index is 13.7. The lowest BCUT2D eigenvalue weighted by molar-refractivity contribution is -0.329. The molecule has 0 N–H and O–H groups in total. The van der Waals surface area contributed by atoms with Crippen LogP contribution < -0.4 is 21.0 Å². The molecule has 2 nitrogen and oxygen atoms in total. The molecule has 0 aromatic heterocycles. The number of carboxylic acid groups (broad SMARTS) is 1. The molecule has 0 aliphatic carbocycles. The van der Waals surface area contributed by atoms with E-state index in [1.165, 1.54) is 0 Å². The Morgan fingerprint density at radius 2 is 1.11 bits per heavy atom. The van der Waals surface area contributed by atoms with E-state index in [1.54, 1.807) is 0 Å². The van der Waals surface area contributed by atoms with Crippen LogP contribution in [0.3, 0.4) is 0 Å². The fourth-order valence-corrected chi connectivity index (χ4v) is 7.87. The van der Waals surface area contributed by atoms with E-state index in [0.29, 0.717) is 6.16 Å². The first-order chi connectivity index (χ1) is 13.5. The first-order valence-corrected chi connectivity index (χ1v) is 11.1. The van der Waals surface area contributed by atoms with Crippen LogP contribution in [0.15, 0.2) is 91.0 Å². The van der Waals surface area contributed by atoms with Gasteiger partial charge in [-0.3, -0.25) is 0 Å². The van der Waals surface area contributed by atoms with Crippen molar-refractivity contribution in [3.05, 3.63) is 91.0 Å². The molecule has 0 spiro atoms. The number of carbonyl (C=O) groups is 1. The molecule has 0 unspecified atom stereocenters. The fraction of sp³-hybridized carbons (Fsp3) is 0.174. The summed E-state index contributed by atoms with van der Waals surface area (Å²) >= 11 is 0. The van der Waals surface area contributed by atoms with E-state index in [4.69, 9.17) is 0 Å². The highest BCUT2D eigenvalue weighted by Gasteiger charge is 2.45. The van der Waals surface area contributed by atoms with Crippen molar-refractivity contribution in [3.63, 3.8) is 0 Å². The van der Waals surface area contributed by atoms with Crippen molar-refractivity contribution in [2.75, 3.05) is 6.16 Å². The number of hydrogen-bond donors (Lipinski definition) is 0. The molecule has 0 amide bonds. The van der Waals surface area contributed by atoms with Gasteiger partial charge < -0.3 is 9.90 Å². The molecule has 144 valence electrons. The molecule has 0 atom stereocenters. The van der Waals surface area contributed by atoms with Crippen molar-refractivity contribution >= 4 is 29.1 Å². The Kier molecular flexibility index (Phi) is 6.21. The summed E-state index contributed by atoms with van der Waals surface area (Å²) < 4.78 is 27.4.